The van der Waals surface area contributed by atoms with Gasteiger partial charge in [-0.3, -0.25) is 19.1 Å². The minimum atomic E-state index is -3.75. The molecule has 0 radical (unpaired) electrons. The number of nitrogens with zero attached hydrogens (tertiary/aromatic N) is 4. The number of aromatic amines is 1. The summed E-state index contributed by atoms with van der Waals surface area (Å²) >= 11 is 0. The number of aryl methyl sites for hydroxylation is 2. The van der Waals surface area contributed by atoms with Gasteiger partial charge in [-0.2, -0.15) is 9.40 Å². The molecule has 47 heavy (non-hydrogen) atoms. The molecule has 1 aliphatic rings. The van der Waals surface area contributed by atoms with Crippen molar-refractivity contribution in [1.29, 1.82) is 0 Å². The third kappa shape index (κ3) is 8.70. The van der Waals surface area contributed by atoms with E-state index in [2.05, 4.69) is 15.4 Å². The van der Waals surface area contributed by atoms with Crippen molar-refractivity contribution in [3.63, 3.8) is 0 Å². The SMILES string of the molecule is CCCc1nn(C)c2c(=O)[nH]c(-c3cc(S(=O)(=O)N4C[C@@H](C)N[C@@H](C)C4)ccc3OCC)nc12.O=C(O)CC(O)(CC(=O)O)C(=O)O. The number of carboxylic acid groups (broad SMARTS) is 3. The molecule has 0 saturated carbocycles. The highest BCUT2D eigenvalue weighted by molar-refractivity contribution is 7.89. The van der Waals surface area contributed by atoms with Gasteiger partial charge in [0.05, 0.1) is 35.6 Å². The molecule has 258 valence electrons. The summed E-state index contributed by atoms with van der Waals surface area (Å²) in [7, 11) is -2.04. The molecule has 2 aromatic heterocycles. The summed E-state index contributed by atoms with van der Waals surface area (Å²) in [5.41, 5.74) is -1.01. The Morgan fingerprint density at radius 1 is 1.06 bits per heavy atom. The first kappa shape index (κ1) is 37.1. The van der Waals surface area contributed by atoms with Crippen molar-refractivity contribution in [1.82, 2.24) is 29.4 Å². The van der Waals surface area contributed by atoms with Gasteiger partial charge in [0.1, 0.15) is 17.1 Å². The summed E-state index contributed by atoms with van der Waals surface area (Å²) in [6.07, 6.45) is -0.752. The first-order valence-electron chi connectivity index (χ1n) is 14.8. The summed E-state index contributed by atoms with van der Waals surface area (Å²) < 4.78 is 35.8. The van der Waals surface area contributed by atoms with E-state index in [1.807, 2.05) is 27.7 Å². The maximum absolute atomic E-state index is 13.5. The van der Waals surface area contributed by atoms with Crippen LogP contribution in [0.5, 0.6) is 5.75 Å². The zero-order valence-corrected chi connectivity index (χ0v) is 27.5. The molecule has 17 nitrogen and oxygen atoms in total. The number of H-pyrrole nitrogens is 1. The van der Waals surface area contributed by atoms with E-state index in [-0.39, 0.29) is 28.4 Å². The monoisotopic (exact) mass is 680 g/mol. The molecule has 3 heterocycles. The number of sulfonamides is 1. The molecule has 0 unspecified atom stereocenters. The van der Waals surface area contributed by atoms with Crippen LogP contribution in [-0.4, -0.2) is 108 Å². The van der Waals surface area contributed by atoms with Crippen LogP contribution in [0.25, 0.3) is 22.4 Å². The minimum Gasteiger partial charge on any atom is -0.493 e. The first-order valence-corrected chi connectivity index (χ1v) is 16.3. The van der Waals surface area contributed by atoms with Crippen LogP contribution < -0.4 is 15.6 Å². The standard InChI is InChI=1S/C23H32N6O4S.C6H8O7/c1-6-8-18-20-21(28(5)27-18)23(30)26-22(25-20)17-11-16(9-10-19(17)33-7-2)34(31,32)29-12-14(3)24-15(4)13-29;7-3(8)1-6(13,5(11)12)2-4(9)10/h9-11,14-15,24H,6-8,12-13H2,1-5H3,(H,25,26,30);13H,1-2H2,(H,7,8)(H,9,10)(H,11,12)/t14-,15+;. The Morgan fingerprint density at radius 3 is 2.17 bits per heavy atom. The number of rotatable bonds is 12. The lowest BCUT2D eigenvalue weighted by Crippen LogP contribution is -2.55. The van der Waals surface area contributed by atoms with Crippen molar-refractivity contribution < 1.29 is 48.0 Å². The average molecular weight is 681 g/mol. The van der Waals surface area contributed by atoms with Crippen molar-refractivity contribution in [3.05, 3.63) is 34.2 Å². The van der Waals surface area contributed by atoms with Crippen LogP contribution in [0.1, 0.15) is 52.7 Å². The van der Waals surface area contributed by atoms with Gasteiger partial charge in [-0.15, -0.1) is 0 Å². The second kappa shape index (κ2) is 15.0. The predicted octanol–water partition coefficient (Wildman–Crippen LogP) is 0.797. The van der Waals surface area contributed by atoms with E-state index in [4.69, 9.17) is 30.1 Å². The van der Waals surface area contributed by atoms with Crippen LogP contribution in [0.4, 0.5) is 0 Å². The van der Waals surface area contributed by atoms with Gasteiger partial charge in [-0.25, -0.2) is 18.2 Å². The molecule has 18 heteroatoms. The summed E-state index contributed by atoms with van der Waals surface area (Å²) in [4.78, 5) is 51.1. The largest absolute Gasteiger partial charge is 0.493 e. The fraction of sp³-hybridized carbons (Fsp3) is 0.517. The van der Waals surface area contributed by atoms with Crippen molar-refractivity contribution in [3.8, 4) is 17.1 Å². The van der Waals surface area contributed by atoms with Crippen molar-refractivity contribution in [2.75, 3.05) is 19.7 Å². The summed E-state index contributed by atoms with van der Waals surface area (Å²) in [6.45, 7) is 8.96. The van der Waals surface area contributed by atoms with Gasteiger partial charge < -0.3 is 35.5 Å². The van der Waals surface area contributed by atoms with E-state index in [1.54, 1.807) is 19.2 Å². The molecule has 4 rings (SSSR count). The molecule has 6 N–H and O–H groups in total. The Morgan fingerprint density at radius 2 is 1.66 bits per heavy atom. The second-order valence-corrected chi connectivity index (χ2v) is 13.2. The topological polar surface area (TPSA) is 254 Å². The maximum Gasteiger partial charge on any atom is 0.336 e. The highest BCUT2D eigenvalue weighted by atomic mass is 32.2. The molecular formula is C29H40N6O11S. The van der Waals surface area contributed by atoms with Gasteiger partial charge in [-0.1, -0.05) is 13.3 Å². The Balaban J connectivity index is 0.000000392. The zero-order valence-electron chi connectivity index (χ0n) is 26.7. The van der Waals surface area contributed by atoms with Crippen LogP contribution in [0.3, 0.4) is 0 Å². The van der Waals surface area contributed by atoms with E-state index in [0.717, 1.165) is 12.1 Å². The number of aliphatic carboxylic acids is 3. The molecule has 0 bridgehead atoms. The maximum atomic E-state index is 13.5. The number of piperazine rings is 1. The summed E-state index contributed by atoms with van der Waals surface area (Å²) in [6, 6.07) is 4.80. The van der Waals surface area contributed by atoms with Gasteiger partial charge in [-0.05, 0) is 45.4 Å². The number of ether oxygens (including phenoxy) is 1. The first-order chi connectivity index (χ1) is 21.9. The quantitative estimate of drug-likeness (QED) is 0.155. The smallest absolute Gasteiger partial charge is 0.336 e. The van der Waals surface area contributed by atoms with Crippen molar-refractivity contribution >= 4 is 39.0 Å². The number of fused-ring (bicyclic) bond motifs is 1. The van der Waals surface area contributed by atoms with E-state index >= 15 is 0 Å². The van der Waals surface area contributed by atoms with E-state index in [1.165, 1.54) is 15.1 Å². The van der Waals surface area contributed by atoms with Gasteiger partial charge in [0.25, 0.3) is 5.56 Å². The Bertz CT molecular complexity index is 1780. The Labute approximate surface area is 270 Å². The zero-order chi connectivity index (χ0) is 35.3. The number of carboxylic acids is 3. The molecule has 1 fully saturated rings. The van der Waals surface area contributed by atoms with Crippen molar-refractivity contribution in [2.24, 2.45) is 7.05 Å². The minimum absolute atomic E-state index is 0.0451. The van der Waals surface area contributed by atoms with Gasteiger partial charge in [0, 0.05) is 32.2 Å². The number of aliphatic hydroxyl groups is 1. The second-order valence-electron chi connectivity index (χ2n) is 11.3. The van der Waals surface area contributed by atoms with Crippen LogP contribution in [0.2, 0.25) is 0 Å². The molecule has 1 aromatic carbocycles. The van der Waals surface area contributed by atoms with Gasteiger partial charge >= 0.3 is 17.9 Å². The van der Waals surface area contributed by atoms with Crippen LogP contribution in [0.15, 0.2) is 27.9 Å². The molecule has 3 aromatic rings. The van der Waals surface area contributed by atoms with Crippen molar-refractivity contribution in [2.45, 2.75) is 76.0 Å². The molecule has 0 aliphatic carbocycles. The van der Waals surface area contributed by atoms with Crippen LogP contribution in [-0.2, 0) is 37.9 Å². The van der Waals surface area contributed by atoms with E-state index in [0.29, 0.717) is 48.5 Å². The van der Waals surface area contributed by atoms with Crippen LogP contribution >= 0.6 is 0 Å². The lowest BCUT2D eigenvalue weighted by atomic mass is 9.96. The Hall–Kier alpha value is -4.39. The highest BCUT2D eigenvalue weighted by Crippen LogP contribution is 2.32. The number of carbonyl (C=O) groups is 3. The Kier molecular flexibility index (Phi) is 11.8. The van der Waals surface area contributed by atoms with E-state index in [9.17, 15) is 27.6 Å². The predicted molar refractivity (Wildman–Crippen MR) is 168 cm³/mol. The number of nitrogens with one attached hydrogen (secondary N) is 2. The van der Waals surface area contributed by atoms with Crippen LogP contribution in [0, 0.1) is 0 Å². The average Bonchev–Trinajstić information content (AvgIpc) is 3.27. The van der Waals surface area contributed by atoms with Gasteiger partial charge in [0.2, 0.25) is 10.0 Å². The molecule has 2 atom stereocenters. The normalized spacial score (nSPS) is 17.1. The third-order valence-electron chi connectivity index (χ3n) is 7.20. The third-order valence-corrected chi connectivity index (χ3v) is 9.03. The molecular weight excluding hydrogens is 640 g/mol. The number of hydrogen-bond acceptors (Lipinski definition) is 11. The summed E-state index contributed by atoms with van der Waals surface area (Å²) in [5.74, 6) is -4.31. The number of benzene rings is 1. The number of aromatic nitrogens is 4. The van der Waals surface area contributed by atoms with Gasteiger partial charge in [0.15, 0.2) is 11.1 Å². The molecule has 0 spiro atoms. The lowest BCUT2D eigenvalue weighted by Gasteiger charge is -2.35. The van der Waals surface area contributed by atoms with E-state index < -0.39 is 46.4 Å². The molecule has 0 amide bonds. The molecule has 1 saturated heterocycles. The highest BCUT2D eigenvalue weighted by Gasteiger charge is 2.41. The lowest BCUT2D eigenvalue weighted by molar-refractivity contribution is -0.170. The molecule has 1 aliphatic heterocycles. The number of hydrogen-bond donors (Lipinski definition) is 6. The fourth-order valence-electron chi connectivity index (χ4n) is 5.25. The summed E-state index contributed by atoms with van der Waals surface area (Å²) in [5, 5.41) is 41.6. The fourth-order valence-corrected chi connectivity index (χ4v) is 6.90.